The first-order valence-corrected chi connectivity index (χ1v) is 11.1. The number of fused-ring (bicyclic) bond motifs is 1. The SMILES string of the molecule is COc1cccc(N=C(N)N2CCN(/C=C3/N=C(c4cccc5ccccc45)OC3=O)CC2)c1. The Balaban J connectivity index is 1.27. The van der Waals surface area contributed by atoms with Crippen molar-refractivity contribution in [1.29, 1.82) is 0 Å². The molecule has 1 fully saturated rings. The highest BCUT2D eigenvalue weighted by Gasteiger charge is 2.27. The number of guanidine groups is 1. The first-order valence-electron chi connectivity index (χ1n) is 11.1. The number of nitrogens with two attached hydrogens (primary N) is 1. The molecule has 2 heterocycles. The Morgan fingerprint density at radius 2 is 1.82 bits per heavy atom. The second-order valence-electron chi connectivity index (χ2n) is 8.04. The fourth-order valence-corrected chi connectivity index (χ4v) is 4.06. The van der Waals surface area contributed by atoms with Crippen molar-refractivity contribution in [2.45, 2.75) is 0 Å². The molecule has 2 aliphatic heterocycles. The number of cyclic esters (lactones) is 1. The van der Waals surface area contributed by atoms with Crippen molar-refractivity contribution >= 4 is 34.3 Å². The third kappa shape index (κ3) is 4.43. The number of rotatable bonds is 4. The molecule has 0 unspecified atom stereocenters. The number of aliphatic imine (C=N–C) groups is 2. The number of esters is 1. The normalized spacial score (nSPS) is 17.8. The van der Waals surface area contributed by atoms with Gasteiger partial charge < -0.3 is 25.0 Å². The first kappa shape index (κ1) is 21.5. The standard InChI is InChI=1S/C26H25N5O3/c1-33-20-9-5-8-19(16-20)28-26(27)31-14-12-30(13-15-31)17-23-25(32)34-24(29-23)22-11-4-7-18-6-2-3-10-21(18)22/h2-11,16-17H,12-15H2,1H3,(H2,27,28)/b23-17+. The zero-order valence-corrected chi connectivity index (χ0v) is 18.8. The lowest BCUT2D eigenvalue weighted by Crippen LogP contribution is -2.49. The first-order chi connectivity index (χ1) is 16.6. The quantitative estimate of drug-likeness (QED) is 0.281. The molecule has 0 saturated carbocycles. The van der Waals surface area contributed by atoms with Gasteiger partial charge in [-0.05, 0) is 29.0 Å². The number of methoxy groups -OCH3 is 1. The molecule has 172 valence electrons. The molecule has 8 nitrogen and oxygen atoms in total. The molecular formula is C26H25N5O3. The summed E-state index contributed by atoms with van der Waals surface area (Å²) in [5.41, 5.74) is 8.08. The summed E-state index contributed by atoms with van der Waals surface area (Å²) in [6, 6.07) is 21.3. The van der Waals surface area contributed by atoms with Crippen molar-refractivity contribution in [3.63, 3.8) is 0 Å². The van der Waals surface area contributed by atoms with Crippen molar-refractivity contribution in [1.82, 2.24) is 9.80 Å². The van der Waals surface area contributed by atoms with Gasteiger partial charge in [0.2, 0.25) is 5.90 Å². The van der Waals surface area contributed by atoms with Crippen molar-refractivity contribution in [2.75, 3.05) is 33.3 Å². The van der Waals surface area contributed by atoms with Crippen LogP contribution in [0.5, 0.6) is 5.75 Å². The van der Waals surface area contributed by atoms with Gasteiger partial charge in [0, 0.05) is 44.0 Å². The predicted octanol–water partition coefficient (Wildman–Crippen LogP) is 3.26. The molecule has 2 N–H and O–H groups in total. The Labute approximate surface area is 197 Å². The second kappa shape index (κ2) is 9.27. The zero-order valence-electron chi connectivity index (χ0n) is 18.8. The van der Waals surface area contributed by atoms with E-state index in [0.717, 1.165) is 27.8 Å². The molecule has 0 amide bonds. The number of benzene rings is 3. The predicted molar refractivity (Wildman–Crippen MR) is 132 cm³/mol. The van der Waals surface area contributed by atoms with E-state index in [1.807, 2.05) is 71.6 Å². The number of carbonyl (C=O) groups excluding carboxylic acids is 1. The molecule has 0 bridgehead atoms. The fraction of sp³-hybridized carbons (Fsp3) is 0.192. The molecule has 0 aromatic heterocycles. The highest BCUT2D eigenvalue weighted by atomic mass is 16.6. The number of hydrogen-bond acceptors (Lipinski definition) is 6. The average molecular weight is 456 g/mol. The van der Waals surface area contributed by atoms with Crippen LogP contribution in [0, 0.1) is 0 Å². The van der Waals surface area contributed by atoms with E-state index in [9.17, 15) is 4.79 Å². The van der Waals surface area contributed by atoms with Crippen LogP contribution in [-0.2, 0) is 9.53 Å². The monoisotopic (exact) mass is 455 g/mol. The van der Waals surface area contributed by atoms with E-state index in [-0.39, 0.29) is 0 Å². The third-order valence-electron chi connectivity index (χ3n) is 5.88. The highest BCUT2D eigenvalue weighted by molar-refractivity contribution is 6.16. The van der Waals surface area contributed by atoms with Crippen LogP contribution in [-0.4, -0.2) is 60.9 Å². The van der Waals surface area contributed by atoms with Crippen LogP contribution in [0.1, 0.15) is 5.56 Å². The number of carbonyl (C=O) groups is 1. The van der Waals surface area contributed by atoms with E-state index in [4.69, 9.17) is 15.2 Å². The van der Waals surface area contributed by atoms with E-state index in [1.54, 1.807) is 13.3 Å². The molecule has 5 rings (SSSR count). The number of ether oxygens (including phenoxy) is 2. The smallest absolute Gasteiger partial charge is 0.365 e. The lowest BCUT2D eigenvalue weighted by Gasteiger charge is -2.34. The van der Waals surface area contributed by atoms with E-state index in [1.165, 1.54) is 0 Å². The minimum Gasteiger partial charge on any atom is -0.497 e. The van der Waals surface area contributed by atoms with Crippen LogP contribution in [0.4, 0.5) is 5.69 Å². The Kier molecular flexibility index (Phi) is 5.86. The summed E-state index contributed by atoms with van der Waals surface area (Å²) in [7, 11) is 1.62. The summed E-state index contributed by atoms with van der Waals surface area (Å²) in [5, 5.41) is 2.07. The second-order valence-corrected chi connectivity index (χ2v) is 8.04. The van der Waals surface area contributed by atoms with Crippen LogP contribution in [0.25, 0.3) is 10.8 Å². The molecule has 0 aliphatic carbocycles. The summed E-state index contributed by atoms with van der Waals surface area (Å²) in [6.07, 6.45) is 1.77. The van der Waals surface area contributed by atoms with Gasteiger partial charge in [-0.1, -0.05) is 42.5 Å². The van der Waals surface area contributed by atoms with Crippen LogP contribution in [0.3, 0.4) is 0 Å². The maximum absolute atomic E-state index is 12.5. The van der Waals surface area contributed by atoms with E-state index >= 15 is 0 Å². The van der Waals surface area contributed by atoms with Gasteiger partial charge in [0.15, 0.2) is 11.7 Å². The lowest BCUT2D eigenvalue weighted by molar-refractivity contribution is -0.130. The molecule has 34 heavy (non-hydrogen) atoms. The van der Waals surface area contributed by atoms with Crippen molar-refractivity contribution in [3.8, 4) is 5.75 Å². The van der Waals surface area contributed by atoms with Crippen LogP contribution < -0.4 is 10.5 Å². The van der Waals surface area contributed by atoms with Gasteiger partial charge in [-0.2, -0.15) is 0 Å². The Bertz CT molecular complexity index is 1320. The number of nitrogens with zero attached hydrogens (tertiary/aromatic N) is 4. The molecule has 0 spiro atoms. The largest absolute Gasteiger partial charge is 0.497 e. The van der Waals surface area contributed by atoms with E-state index < -0.39 is 5.97 Å². The lowest BCUT2D eigenvalue weighted by atomic mass is 10.0. The Hall–Kier alpha value is -4.33. The summed E-state index contributed by atoms with van der Waals surface area (Å²) < 4.78 is 10.8. The number of piperazine rings is 1. The Morgan fingerprint density at radius 1 is 1.06 bits per heavy atom. The van der Waals surface area contributed by atoms with E-state index in [2.05, 4.69) is 14.9 Å². The summed E-state index contributed by atoms with van der Waals surface area (Å²) in [4.78, 5) is 25.6. The molecule has 2 aliphatic rings. The average Bonchev–Trinajstić information content (AvgIpc) is 3.23. The minimum absolute atomic E-state index is 0.300. The molecule has 8 heteroatoms. The van der Waals surface area contributed by atoms with Crippen molar-refractivity contribution in [2.24, 2.45) is 15.7 Å². The van der Waals surface area contributed by atoms with Gasteiger partial charge in [0.25, 0.3) is 0 Å². The Morgan fingerprint density at radius 3 is 2.65 bits per heavy atom. The highest BCUT2D eigenvalue weighted by Crippen LogP contribution is 2.24. The van der Waals surface area contributed by atoms with E-state index in [0.29, 0.717) is 43.7 Å². The maximum Gasteiger partial charge on any atom is 0.365 e. The molecule has 3 aromatic rings. The molecule has 3 aromatic carbocycles. The third-order valence-corrected chi connectivity index (χ3v) is 5.88. The minimum atomic E-state index is -0.440. The molecule has 1 saturated heterocycles. The van der Waals surface area contributed by atoms with Crippen LogP contribution in [0.15, 0.2) is 88.6 Å². The summed E-state index contributed by atoms with van der Waals surface area (Å²) in [6.45, 7) is 2.73. The molecular weight excluding hydrogens is 430 g/mol. The van der Waals surface area contributed by atoms with Gasteiger partial charge in [-0.3, -0.25) is 0 Å². The fourth-order valence-electron chi connectivity index (χ4n) is 4.06. The summed E-state index contributed by atoms with van der Waals surface area (Å²) in [5.74, 6) is 1.08. The van der Waals surface area contributed by atoms with Gasteiger partial charge in [-0.15, -0.1) is 0 Å². The topological polar surface area (TPSA) is 92.8 Å². The van der Waals surface area contributed by atoms with Crippen LogP contribution >= 0.6 is 0 Å². The zero-order chi connectivity index (χ0) is 23.5. The van der Waals surface area contributed by atoms with Crippen molar-refractivity contribution in [3.05, 3.63) is 84.2 Å². The van der Waals surface area contributed by atoms with Gasteiger partial charge in [0.05, 0.1) is 12.8 Å². The summed E-state index contributed by atoms with van der Waals surface area (Å²) >= 11 is 0. The molecule has 0 radical (unpaired) electrons. The maximum atomic E-state index is 12.5. The number of hydrogen-bond donors (Lipinski definition) is 1. The van der Waals surface area contributed by atoms with Gasteiger partial charge in [-0.25, -0.2) is 14.8 Å². The van der Waals surface area contributed by atoms with Crippen LogP contribution in [0.2, 0.25) is 0 Å². The van der Waals surface area contributed by atoms with Crippen molar-refractivity contribution < 1.29 is 14.3 Å². The van der Waals surface area contributed by atoms with Gasteiger partial charge >= 0.3 is 5.97 Å². The molecule has 0 atom stereocenters. The van der Waals surface area contributed by atoms with Gasteiger partial charge in [0.1, 0.15) is 5.75 Å².